The Labute approximate surface area is 258 Å². The summed E-state index contributed by atoms with van der Waals surface area (Å²) in [5, 5.41) is 0.843. The quantitative estimate of drug-likeness (QED) is 0.230. The zero-order valence-corrected chi connectivity index (χ0v) is 26.0. The van der Waals surface area contributed by atoms with Gasteiger partial charge in [0, 0.05) is 43.2 Å². The van der Waals surface area contributed by atoms with E-state index < -0.39 is 0 Å². The van der Waals surface area contributed by atoms with Crippen LogP contribution >= 0.6 is 36.4 Å². The summed E-state index contributed by atoms with van der Waals surface area (Å²) in [6.45, 7) is 8.44. The van der Waals surface area contributed by atoms with Gasteiger partial charge >= 0.3 is 0 Å². The molecule has 0 N–H and O–H groups in total. The first kappa shape index (κ1) is 32.6. The minimum atomic E-state index is 0. The van der Waals surface area contributed by atoms with Crippen molar-refractivity contribution >= 4 is 42.2 Å². The van der Waals surface area contributed by atoms with E-state index in [1.54, 1.807) is 0 Å². The molecule has 0 unspecified atom stereocenters. The van der Waals surface area contributed by atoms with Crippen molar-refractivity contribution in [1.82, 2.24) is 9.80 Å². The summed E-state index contributed by atoms with van der Waals surface area (Å²) in [4.78, 5) is 18.1. The minimum Gasteiger partial charge on any atom is -0.299 e. The van der Waals surface area contributed by atoms with Gasteiger partial charge in [-0.2, -0.15) is 0 Å². The van der Waals surface area contributed by atoms with E-state index in [1.807, 2.05) is 12.1 Å². The number of piperidine rings is 1. The van der Waals surface area contributed by atoms with E-state index in [0.29, 0.717) is 12.2 Å². The molecular formula is C34H43Cl3N2O. The fourth-order valence-corrected chi connectivity index (χ4v) is 6.25. The van der Waals surface area contributed by atoms with Crippen molar-refractivity contribution < 1.29 is 4.79 Å². The number of fused-ring (bicyclic) bond motifs is 1. The normalized spacial score (nSPS) is 16.4. The van der Waals surface area contributed by atoms with Gasteiger partial charge in [-0.1, -0.05) is 71.8 Å². The third kappa shape index (κ3) is 9.06. The Hall–Kier alpha value is -1.88. The number of ketones is 1. The van der Waals surface area contributed by atoms with E-state index in [2.05, 4.69) is 71.3 Å². The smallest absolute Gasteiger partial charge is 0.162 e. The van der Waals surface area contributed by atoms with Crippen LogP contribution in [-0.4, -0.2) is 41.8 Å². The lowest BCUT2D eigenvalue weighted by molar-refractivity contribution is 0.0974. The summed E-state index contributed by atoms with van der Waals surface area (Å²) in [5.74, 6) is 1.06. The summed E-state index contributed by atoms with van der Waals surface area (Å²) in [6, 6.07) is 23.5. The summed E-state index contributed by atoms with van der Waals surface area (Å²) >= 11 is 6.39. The molecular weight excluding hydrogens is 559 g/mol. The predicted octanol–water partition coefficient (Wildman–Crippen LogP) is 8.36. The van der Waals surface area contributed by atoms with Gasteiger partial charge in [-0.15, -0.1) is 24.8 Å². The summed E-state index contributed by atoms with van der Waals surface area (Å²) < 4.78 is 0. The van der Waals surface area contributed by atoms with Gasteiger partial charge in [0.1, 0.15) is 0 Å². The van der Waals surface area contributed by atoms with E-state index in [-0.39, 0.29) is 24.8 Å². The third-order valence-electron chi connectivity index (χ3n) is 8.52. The van der Waals surface area contributed by atoms with Crippen LogP contribution in [0.3, 0.4) is 0 Å². The molecule has 0 aromatic heterocycles. The summed E-state index contributed by atoms with van der Waals surface area (Å²) in [6.07, 6.45) is 7.36. The van der Waals surface area contributed by atoms with Crippen molar-refractivity contribution in [2.75, 3.05) is 26.2 Å². The van der Waals surface area contributed by atoms with Gasteiger partial charge in [0.2, 0.25) is 0 Å². The second-order valence-electron chi connectivity index (χ2n) is 11.4. The van der Waals surface area contributed by atoms with E-state index in [0.717, 1.165) is 61.9 Å². The van der Waals surface area contributed by atoms with Crippen LogP contribution in [0.4, 0.5) is 0 Å². The zero-order chi connectivity index (χ0) is 26.3. The minimum absolute atomic E-state index is 0. The Kier molecular flexibility index (Phi) is 13.0. The van der Waals surface area contributed by atoms with Crippen molar-refractivity contribution in [3.05, 3.63) is 105 Å². The largest absolute Gasteiger partial charge is 0.299 e. The number of halogens is 3. The van der Waals surface area contributed by atoms with Crippen LogP contribution in [0.2, 0.25) is 5.02 Å². The molecule has 0 radical (unpaired) electrons. The van der Waals surface area contributed by atoms with Crippen molar-refractivity contribution in [3.8, 4) is 0 Å². The van der Waals surface area contributed by atoms with E-state index >= 15 is 0 Å². The molecule has 0 spiro atoms. The van der Waals surface area contributed by atoms with E-state index in [1.165, 1.54) is 60.2 Å². The molecule has 1 saturated heterocycles. The zero-order valence-electron chi connectivity index (χ0n) is 23.6. The first-order chi connectivity index (χ1) is 18.5. The van der Waals surface area contributed by atoms with E-state index in [4.69, 9.17) is 11.6 Å². The lowest BCUT2D eigenvalue weighted by Crippen LogP contribution is -2.33. The number of aryl methyl sites for hydroxylation is 1. The third-order valence-corrected chi connectivity index (χ3v) is 8.89. The van der Waals surface area contributed by atoms with Crippen LogP contribution in [0.5, 0.6) is 0 Å². The molecule has 0 aliphatic carbocycles. The molecule has 6 heteroatoms. The highest BCUT2D eigenvalue weighted by molar-refractivity contribution is 6.31. The fourth-order valence-electron chi connectivity index (χ4n) is 6.05. The van der Waals surface area contributed by atoms with Crippen molar-refractivity contribution in [1.29, 1.82) is 0 Å². The van der Waals surface area contributed by atoms with Crippen LogP contribution in [-0.2, 0) is 25.9 Å². The molecule has 40 heavy (non-hydrogen) atoms. The average Bonchev–Trinajstić information content (AvgIpc) is 3.14. The Morgan fingerprint density at radius 3 is 2.23 bits per heavy atom. The number of rotatable bonds is 9. The molecule has 0 bridgehead atoms. The number of benzene rings is 3. The number of carbonyl (C=O) groups excluding carboxylic acids is 1. The van der Waals surface area contributed by atoms with Gasteiger partial charge in [-0.3, -0.25) is 14.6 Å². The molecule has 3 nitrogen and oxygen atoms in total. The van der Waals surface area contributed by atoms with Crippen molar-refractivity contribution in [3.63, 3.8) is 0 Å². The van der Waals surface area contributed by atoms with E-state index in [9.17, 15) is 4.79 Å². The van der Waals surface area contributed by atoms with Crippen LogP contribution in [0.15, 0.2) is 66.7 Å². The van der Waals surface area contributed by atoms with Crippen molar-refractivity contribution in [2.24, 2.45) is 5.92 Å². The van der Waals surface area contributed by atoms with Gasteiger partial charge in [-0.25, -0.2) is 0 Å². The molecule has 2 aliphatic rings. The maximum absolute atomic E-state index is 13.0. The molecule has 1 fully saturated rings. The number of Topliss-reactive ketones (excluding diaryl/α,β-unsaturated/α-hetero) is 1. The lowest BCUT2D eigenvalue weighted by Gasteiger charge is -2.32. The summed E-state index contributed by atoms with van der Waals surface area (Å²) in [7, 11) is 0. The second-order valence-corrected chi connectivity index (χ2v) is 11.8. The maximum atomic E-state index is 13.0. The average molecular weight is 602 g/mol. The number of hydrogen-bond donors (Lipinski definition) is 0. The highest BCUT2D eigenvalue weighted by Gasteiger charge is 2.20. The Morgan fingerprint density at radius 1 is 0.825 bits per heavy atom. The first-order valence-electron chi connectivity index (χ1n) is 14.4. The number of carbonyl (C=O) groups is 1. The van der Waals surface area contributed by atoms with Gasteiger partial charge in [-0.05, 0) is 98.8 Å². The second kappa shape index (κ2) is 15.9. The van der Waals surface area contributed by atoms with Crippen LogP contribution < -0.4 is 0 Å². The van der Waals surface area contributed by atoms with Gasteiger partial charge < -0.3 is 0 Å². The van der Waals surface area contributed by atoms with Crippen LogP contribution in [0, 0.1) is 12.8 Å². The Bertz CT molecular complexity index is 1220. The highest BCUT2D eigenvalue weighted by atomic mass is 35.5. The van der Waals surface area contributed by atoms with Gasteiger partial charge in [0.25, 0.3) is 0 Å². The molecule has 0 amide bonds. The number of nitrogens with zero attached hydrogens (tertiary/aromatic N) is 2. The maximum Gasteiger partial charge on any atom is 0.162 e. The van der Waals surface area contributed by atoms with Crippen LogP contribution in [0.1, 0.15) is 70.3 Å². The van der Waals surface area contributed by atoms with Gasteiger partial charge in [0.15, 0.2) is 5.78 Å². The number of hydrogen-bond acceptors (Lipinski definition) is 3. The van der Waals surface area contributed by atoms with Gasteiger partial charge in [0.05, 0.1) is 0 Å². The molecule has 0 saturated carbocycles. The summed E-state index contributed by atoms with van der Waals surface area (Å²) in [5.41, 5.74) is 7.56. The Balaban J connectivity index is 0.00000220. The number of likely N-dealkylation sites (tertiary alicyclic amines) is 1. The fraction of sp³-hybridized carbons (Fsp3) is 0.441. The van der Waals surface area contributed by atoms with Crippen LogP contribution in [0.25, 0.3) is 0 Å². The molecule has 2 aliphatic heterocycles. The molecule has 3 aromatic carbocycles. The monoisotopic (exact) mass is 600 g/mol. The molecule has 5 rings (SSSR count). The molecule has 0 atom stereocenters. The standard InChI is InChI=1S/C34H41ClN2O.2ClH/c1-26-9-11-28(12-10-26)24-36-19-15-27(16-20-36)5-4-8-34(38)31-14-13-29-17-21-37(22-18-30(29)23-31)25-32-6-2-3-7-33(32)35;;/h2-3,6-7,9-14,23,27H,4-5,8,15-22,24-25H2,1H3;2*1H. The molecule has 216 valence electrons. The highest BCUT2D eigenvalue weighted by Crippen LogP contribution is 2.26. The van der Waals surface area contributed by atoms with Crippen molar-refractivity contribution in [2.45, 2.75) is 65.0 Å². The predicted molar refractivity (Wildman–Crippen MR) is 172 cm³/mol. The lowest BCUT2D eigenvalue weighted by atomic mass is 9.90. The Morgan fingerprint density at radius 2 is 1.50 bits per heavy atom. The first-order valence-corrected chi connectivity index (χ1v) is 14.8. The molecule has 2 heterocycles. The SMILES string of the molecule is Cc1ccc(CN2CCC(CCCC(=O)c3ccc4c(c3)CCN(Cc3ccccc3Cl)CC4)CC2)cc1.Cl.Cl. The topological polar surface area (TPSA) is 23.6 Å². The molecule has 3 aromatic rings.